The number of hydrogen-bond acceptors (Lipinski definition) is 7. The fourth-order valence-electron chi connectivity index (χ4n) is 4.13. The molecular formula is C24H23N3O4S2. The lowest BCUT2D eigenvalue weighted by atomic mass is 10.2. The molecule has 2 amide bonds. The predicted molar refractivity (Wildman–Crippen MR) is 130 cm³/mol. The number of aliphatic hydroxyl groups is 1. The number of fused-ring (bicyclic) bond motifs is 1. The summed E-state index contributed by atoms with van der Waals surface area (Å²) in [5, 5.41) is 14.8. The van der Waals surface area contributed by atoms with E-state index in [-0.39, 0.29) is 37.4 Å². The summed E-state index contributed by atoms with van der Waals surface area (Å²) in [4.78, 5) is 34.7. The highest BCUT2D eigenvalue weighted by Gasteiger charge is 2.29. The fraction of sp³-hybridized carbons (Fsp3) is 0.292. The highest BCUT2D eigenvalue weighted by molar-refractivity contribution is 7.14. The minimum Gasteiger partial charge on any atom is -0.454 e. The number of thiophene rings is 1. The Morgan fingerprint density at radius 1 is 1.21 bits per heavy atom. The molecule has 0 radical (unpaired) electrons. The molecule has 9 heteroatoms. The molecule has 1 N–H and O–H groups in total. The number of hydrogen-bond donors (Lipinski definition) is 1. The van der Waals surface area contributed by atoms with Crippen LogP contribution in [0.15, 0.2) is 57.6 Å². The fourth-order valence-corrected chi connectivity index (χ4v) is 5.64. The van der Waals surface area contributed by atoms with Crippen molar-refractivity contribution < 1.29 is 19.1 Å². The molecule has 1 saturated heterocycles. The summed E-state index contributed by atoms with van der Waals surface area (Å²) >= 11 is 2.71. The number of amides is 2. The summed E-state index contributed by atoms with van der Waals surface area (Å²) in [7, 11) is 0. The number of carbonyl (C=O) groups is 2. The number of furan rings is 1. The minimum absolute atomic E-state index is 0.0308. The van der Waals surface area contributed by atoms with E-state index in [0.29, 0.717) is 28.0 Å². The first kappa shape index (κ1) is 21.8. The number of anilines is 1. The Hall–Kier alpha value is -3.01. The SMILES string of the molecule is O=C(c1cccs1)N(CCC(=O)N1CCCC1CO)c1nc(-c2cc3ccccc3o2)cs1. The van der Waals surface area contributed by atoms with E-state index in [4.69, 9.17) is 4.42 Å². The lowest BCUT2D eigenvalue weighted by molar-refractivity contribution is -0.132. The van der Waals surface area contributed by atoms with E-state index in [1.807, 2.05) is 47.2 Å². The molecule has 170 valence electrons. The van der Waals surface area contributed by atoms with Crippen LogP contribution in [0.3, 0.4) is 0 Å². The Kier molecular flexibility index (Phi) is 6.26. The third-order valence-electron chi connectivity index (χ3n) is 5.84. The molecule has 1 fully saturated rings. The van der Waals surface area contributed by atoms with Crippen LogP contribution in [0.4, 0.5) is 5.13 Å². The van der Waals surface area contributed by atoms with Gasteiger partial charge in [0.1, 0.15) is 11.3 Å². The first-order chi connectivity index (χ1) is 16.1. The number of carbonyl (C=O) groups excluding carboxylic acids is 2. The van der Waals surface area contributed by atoms with Gasteiger partial charge in [0, 0.05) is 30.3 Å². The lowest BCUT2D eigenvalue weighted by Crippen LogP contribution is -2.40. The second-order valence-electron chi connectivity index (χ2n) is 7.91. The number of aromatic nitrogens is 1. The number of thiazole rings is 1. The van der Waals surface area contributed by atoms with Crippen LogP contribution in [0.5, 0.6) is 0 Å². The molecule has 4 aromatic rings. The zero-order valence-electron chi connectivity index (χ0n) is 17.8. The number of para-hydroxylation sites is 1. The highest BCUT2D eigenvalue weighted by Crippen LogP contribution is 2.32. The van der Waals surface area contributed by atoms with Crippen LogP contribution in [0, 0.1) is 0 Å². The van der Waals surface area contributed by atoms with Crippen molar-refractivity contribution in [3.05, 3.63) is 58.1 Å². The number of benzene rings is 1. The molecule has 3 aromatic heterocycles. The quantitative estimate of drug-likeness (QED) is 0.416. The molecule has 0 spiro atoms. The van der Waals surface area contributed by atoms with Gasteiger partial charge in [0.15, 0.2) is 10.9 Å². The van der Waals surface area contributed by atoms with Crippen LogP contribution in [0.2, 0.25) is 0 Å². The Morgan fingerprint density at radius 3 is 2.88 bits per heavy atom. The number of aliphatic hydroxyl groups excluding tert-OH is 1. The van der Waals surface area contributed by atoms with Gasteiger partial charge in [-0.2, -0.15) is 0 Å². The van der Waals surface area contributed by atoms with Crippen molar-refractivity contribution >= 4 is 50.6 Å². The van der Waals surface area contributed by atoms with Gasteiger partial charge in [-0.3, -0.25) is 14.5 Å². The van der Waals surface area contributed by atoms with Gasteiger partial charge in [0.2, 0.25) is 5.91 Å². The van der Waals surface area contributed by atoms with Gasteiger partial charge < -0.3 is 14.4 Å². The van der Waals surface area contributed by atoms with E-state index >= 15 is 0 Å². The van der Waals surface area contributed by atoms with Crippen LogP contribution in [0.1, 0.15) is 28.9 Å². The van der Waals surface area contributed by atoms with Gasteiger partial charge >= 0.3 is 0 Å². The second-order valence-corrected chi connectivity index (χ2v) is 9.70. The van der Waals surface area contributed by atoms with Gasteiger partial charge in [0.25, 0.3) is 5.91 Å². The molecule has 1 aromatic carbocycles. The summed E-state index contributed by atoms with van der Waals surface area (Å²) in [5.74, 6) is 0.411. The van der Waals surface area contributed by atoms with Crippen molar-refractivity contribution in [2.75, 3.05) is 24.6 Å². The second kappa shape index (κ2) is 9.46. The first-order valence-electron chi connectivity index (χ1n) is 10.8. The molecule has 1 unspecified atom stereocenters. The molecular weight excluding hydrogens is 458 g/mol. The number of rotatable bonds is 7. The highest BCUT2D eigenvalue weighted by atomic mass is 32.1. The average Bonchev–Trinajstić information content (AvgIpc) is 3.63. The van der Waals surface area contributed by atoms with Gasteiger partial charge in [-0.15, -0.1) is 22.7 Å². The Bertz CT molecular complexity index is 1230. The van der Waals surface area contributed by atoms with Gasteiger partial charge in [-0.25, -0.2) is 4.98 Å². The van der Waals surface area contributed by atoms with Crippen molar-refractivity contribution in [1.82, 2.24) is 9.88 Å². The molecule has 1 atom stereocenters. The van der Waals surface area contributed by atoms with Crippen molar-refractivity contribution in [1.29, 1.82) is 0 Å². The van der Waals surface area contributed by atoms with Gasteiger partial charge in [0.05, 0.1) is 17.5 Å². The van der Waals surface area contributed by atoms with Crippen molar-refractivity contribution in [2.24, 2.45) is 0 Å². The topological polar surface area (TPSA) is 86.9 Å². The molecule has 5 rings (SSSR count). The van der Waals surface area contributed by atoms with Crippen molar-refractivity contribution in [2.45, 2.75) is 25.3 Å². The third kappa shape index (κ3) is 4.44. The molecule has 4 heterocycles. The lowest BCUT2D eigenvalue weighted by Gasteiger charge is -2.25. The first-order valence-corrected chi connectivity index (χ1v) is 12.6. The molecule has 1 aliphatic rings. The van der Waals surface area contributed by atoms with Crippen molar-refractivity contribution in [3.63, 3.8) is 0 Å². The maximum atomic E-state index is 13.3. The molecule has 0 saturated carbocycles. The summed E-state index contributed by atoms with van der Waals surface area (Å²) < 4.78 is 5.93. The van der Waals surface area contributed by atoms with E-state index in [0.717, 1.165) is 23.8 Å². The maximum absolute atomic E-state index is 13.3. The summed E-state index contributed by atoms with van der Waals surface area (Å²) in [5.41, 5.74) is 1.43. The monoisotopic (exact) mass is 481 g/mol. The smallest absolute Gasteiger partial charge is 0.270 e. The van der Waals surface area contributed by atoms with E-state index in [9.17, 15) is 14.7 Å². The normalized spacial score (nSPS) is 15.9. The molecule has 0 aliphatic carbocycles. The maximum Gasteiger partial charge on any atom is 0.270 e. The molecule has 0 bridgehead atoms. The summed E-state index contributed by atoms with van der Waals surface area (Å²) in [6.07, 6.45) is 1.88. The number of nitrogens with zero attached hydrogens (tertiary/aromatic N) is 3. The minimum atomic E-state index is -0.177. The van der Waals surface area contributed by atoms with Crippen molar-refractivity contribution in [3.8, 4) is 11.5 Å². The van der Waals surface area contributed by atoms with Gasteiger partial charge in [-0.1, -0.05) is 24.3 Å². The predicted octanol–water partition coefficient (Wildman–Crippen LogP) is 4.64. The standard InChI is InChI=1S/C24H23N3O4S2/c28-14-17-6-3-10-26(17)22(29)9-11-27(23(30)21-8-4-12-32-21)24-25-18(15-33-24)20-13-16-5-1-2-7-19(16)31-20/h1-2,4-5,7-8,12-13,15,17,28H,3,6,9-11,14H2. The summed E-state index contributed by atoms with van der Waals surface area (Å²) in [6.45, 7) is 0.838. The Morgan fingerprint density at radius 2 is 2.09 bits per heavy atom. The van der Waals surface area contributed by atoms with Crippen LogP contribution in [0.25, 0.3) is 22.4 Å². The Labute approximate surface area is 198 Å². The third-order valence-corrected chi connectivity index (χ3v) is 7.56. The molecule has 7 nitrogen and oxygen atoms in total. The van der Waals surface area contributed by atoms with E-state index in [2.05, 4.69) is 4.98 Å². The van der Waals surface area contributed by atoms with Crippen LogP contribution in [-0.4, -0.2) is 52.5 Å². The van der Waals surface area contributed by atoms with Crippen LogP contribution in [-0.2, 0) is 4.79 Å². The summed E-state index contributed by atoms with van der Waals surface area (Å²) in [6, 6.07) is 13.2. The largest absolute Gasteiger partial charge is 0.454 e. The Balaban J connectivity index is 1.39. The molecule has 1 aliphatic heterocycles. The number of likely N-dealkylation sites (tertiary alicyclic amines) is 1. The van der Waals surface area contributed by atoms with Crippen LogP contribution >= 0.6 is 22.7 Å². The zero-order valence-corrected chi connectivity index (χ0v) is 19.5. The van der Waals surface area contributed by atoms with Gasteiger partial charge in [-0.05, 0) is 36.4 Å². The zero-order chi connectivity index (χ0) is 22.8. The van der Waals surface area contributed by atoms with E-state index < -0.39 is 0 Å². The average molecular weight is 482 g/mol. The van der Waals surface area contributed by atoms with E-state index in [1.165, 1.54) is 22.7 Å². The molecule has 33 heavy (non-hydrogen) atoms. The van der Waals surface area contributed by atoms with E-state index in [1.54, 1.807) is 15.9 Å². The van der Waals surface area contributed by atoms with Crippen LogP contribution < -0.4 is 4.90 Å².